The standard InChI is InChI=1S/C27H25N7O3/c1-16-7-9-18(10-8-16)14-37-26-19(5-4-6-21(26)36-3)20-13-24(35)29-27-25(20)17(2)31-34(27)23-12-11-22-30-28-15-33(22)32-23/h4-12,15,20H,13-14H2,1-3H3,(H,29,35)/t20-/m1/s1. The second-order valence-corrected chi connectivity index (χ2v) is 9.04. The smallest absolute Gasteiger partial charge is 0.226 e. The van der Waals surface area contributed by atoms with Crippen molar-refractivity contribution in [3.05, 3.63) is 88.9 Å². The number of para-hydroxylation sites is 1. The van der Waals surface area contributed by atoms with Crippen molar-refractivity contribution in [1.82, 2.24) is 29.6 Å². The van der Waals surface area contributed by atoms with E-state index in [2.05, 4.69) is 39.7 Å². The fraction of sp³-hybridized carbons (Fsp3) is 0.222. The lowest BCUT2D eigenvalue weighted by Gasteiger charge is -2.26. The van der Waals surface area contributed by atoms with Crippen molar-refractivity contribution in [2.24, 2.45) is 0 Å². The molecule has 5 aromatic rings. The molecule has 0 saturated heterocycles. The number of hydrogen-bond acceptors (Lipinski definition) is 7. The van der Waals surface area contributed by atoms with Crippen LogP contribution in [-0.2, 0) is 11.4 Å². The molecule has 10 nitrogen and oxygen atoms in total. The Morgan fingerprint density at radius 1 is 1.05 bits per heavy atom. The Hall–Kier alpha value is -4.73. The molecule has 4 heterocycles. The highest BCUT2D eigenvalue weighted by atomic mass is 16.5. The summed E-state index contributed by atoms with van der Waals surface area (Å²) in [6, 6.07) is 17.6. The molecule has 0 aliphatic carbocycles. The number of methoxy groups -OCH3 is 1. The van der Waals surface area contributed by atoms with Crippen molar-refractivity contribution in [3.63, 3.8) is 0 Å². The van der Waals surface area contributed by atoms with Crippen LogP contribution in [0.4, 0.5) is 5.82 Å². The summed E-state index contributed by atoms with van der Waals surface area (Å²) in [6.07, 6.45) is 1.78. The number of ether oxygens (including phenoxy) is 2. The summed E-state index contributed by atoms with van der Waals surface area (Å²) < 4.78 is 15.2. The molecule has 37 heavy (non-hydrogen) atoms. The Labute approximate surface area is 212 Å². The Morgan fingerprint density at radius 2 is 1.89 bits per heavy atom. The molecular weight excluding hydrogens is 470 g/mol. The summed E-state index contributed by atoms with van der Waals surface area (Å²) in [4.78, 5) is 13.0. The molecule has 6 rings (SSSR count). The average Bonchev–Trinajstić information content (AvgIpc) is 3.51. The zero-order valence-electron chi connectivity index (χ0n) is 20.7. The monoisotopic (exact) mass is 495 g/mol. The molecule has 1 aliphatic rings. The highest BCUT2D eigenvalue weighted by Gasteiger charge is 2.35. The SMILES string of the molecule is COc1cccc([C@H]2CC(=O)Nc3c2c(C)nn3-c2ccc3nncn3n2)c1OCc1ccc(C)cc1. The van der Waals surface area contributed by atoms with E-state index in [1.54, 1.807) is 28.4 Å². The number of rotatable bonds is 6. The van der Waals surface area contributed by atoms with Crippen LogP contribution >= 0.6 is 0 Å². The highest BCUT2D eigenvalue weighted by molar-refractivity contribution is 5.95. The number of nitrogens with zero attached hydrogens (tertiary/aromatic N) is 6. The first kappa shape index (κ1) is 22.7. The number of fused-ring (bicyclic) bond motifs is 2. The van der Waals surface area contributed by atoms with Gasteiger partial charge < -0.3 is 14.8 Å². The zero-order valence-corrected chi connectivity index (χ0v) is 20.7. The molecule has 1 N–H and O–H groups in total. The van der Waals surface area contributed by atoms with Gasteiger partial charge in [-0.25, -0.2) is 0 Å². The Morgan fingerprint density at radius 3 is 2.70 bits per heavy atom. The summed E-state index contributed by atoms with van der Waals surface area (Å²) >= 11 is 0. The molecule has 0 unspecified atom stereocenters. The molecule has 10 heteroatoms. The van der Waals surface area contributed by atoms with Crippen molar-refractivity contribution in [2.45, 2.75) is 32.8 Å². The summed E-state index contributed by atoms with van der Waals surface area (Å²) in [6.45, 7) is 4.36. The maximum atomic E-state index is 13.0. The first-order valence-corrected chi connectivity index (χ1v) is 11.9. The van der Waals surface area contributed by atoms with Crippen LogP contribution in [0.3, 0.4) is 0 Å². The van der Waals surface area contributed by atoms with Crippen LogP contribution in [0, 0.1) is 13.8 Å². The van der Waals surface area contributed by atoms with E-state index in [9.17, 15) is 4.79 Å². The van der Waals surface area contributed by atoms with Gasteiger partial charge in [-0.2, -0.15) is 14.3 Å². The van der Waals surface area contributed by atoms with Crippen LogP contribution < -0.4 is 14.8 Å². The van der Waals surface area contributed by atoms with E-state index < -0.39 is 0 Å². The number of hydrogen-bond donors (Lipinski definition) is 1. The van der Waals surface area contributed by atoms with Gasteiger partial charge in [0.05, 0.1) is 12.8 Å². The van der Waals surface area contributed by atoms with Crippen molar-refractivity contribution in [2.75, 3.05) is 12.4 Å². The van der Waals surface area contributed by atoms with Gasteiger partial charge in [0.2, 0.25) is 5.91 Å². The van der Waals surface area contributed by atoms with Crippen LogP contribution in [0.1, 0.15) is 40.3 Å². The van der Waals surface area contributed by atoms with Crippen LogP contribution in [-0.4, -0.2) is 42.6 Å². The Kier molecular flexibility index (Phi) is 5.56. The van der Waals surface area contributed by atoms with Crippen LogP contribution in [0.5, 0.6) is 11.5 Å². The maximum absolute atomic E-state index is 13.0. The Balaban J connectivity index is 1.43. The molecule has 0 fully saturated rings. The summed E-state index contributed by atoms with van der Waals surface area (Å²) in [7, 11) is 1.62. The van der Waals surface area contributed by atoms with Crippen molar-refractivity contribution in [1.29, 1.82) is 0 Å². The van der Waals surface area contributed by atoms with Gasteiger partial charge in [-0.15, -0.1) is 15.3 Å². The van der Waals surface area contributed by atoms with Gasteiger partial charge in [0.25, 0.3) is 0 Å². The van der Waals surface area contributed by atoms with E-state index in [0.717, 1.165) is 22.4 Å². The van der Waals surface area contributed by atoms with Crippen molar-refractivity contribution in [3.8, 4) is 17.3 Å². The topological polar surface area (TPSA) is 108 Å². The van der Waals surface area contributed by atoms with Gasteiger partial charge in [0, 0.05) is 23.5 Å². The third-order valence-corrected chi connectivity index (χ3v) is 6.58. The quantitative estimate of drug-likeness (QED) is 0.379. The summed E-state index contributed by atoms with van der Waals surface area (Å²) in [5.74, 6) is 1.97. The first-order valence-electron chi connectivity index (χ1n) is 11.9. The predicted molar refractivity (Wildman–Crippen MR) is 136 cm³/mol. The third-order valence-electron chi connectivity index (χ3n) is 6.58. The number of aryl methyl sites for hydroxylation is 2. The minimum absolute atomic E-state index is 0.115. The minimum Gasteiger partial charge on any atom is -0.493 e. The summed E-state index contributed by atoms with van der Waals surface area (Å²) in [5, 5.41) is 20.2. The molecule has 0 saturated carbocycles. The highest BCUT2D eigenvalue weighted by Crippen LogP contribution is 2.45. The lowest BCUT2D eigenvalue weighted by atomic mass is 9.85. The van der Waals surface area contributed by atoms with Gasteiger partial charge >= 0.3 is 0 Å². The van der Waals surface area contributed by atoms with Gasteiger partial charge in [-0.3, -0.25) is 4.79 Å². The lowest BCUT2D eigenvalue weighted by molar-refractivity contribution is -0.116. The molecule has 3 aromatic heterocycles. The van der Waals surface area contributed by atoms with Gasteiger partial charge in [-0.1, -0.05) is 42.0 Å². The second kappa shape index (κ2) is 9.05. The Bertz CT molecular complexity index is 1620. The van der Waals surface area contributed by atoms with E-state index >= 15 is 0 Å². The van der Waals surface area contributed by atoms with Crippen LogP contribution in [0.25, 0.3) is 11.5 Å². The average molecular weight is 496 g/mol. The molecule has 0 radical (unpaired) electrons. The minimum atomic E-state index is -0.278. The van der Waals surface area contributed by atoms with E-state index in [1.165, 1.54) is 11.9 Å². The second-order valence-electron chi connectivity index (χ2n) is 9.04. The molecule has 0 bridgehead atoms. The maximum Gasteiger partial charge on any atom is 0.226 e. The number of carbonyl (C=O) groups is 1. The number of amides is 1. The molecule has 186 valence electrons. The van der Waals surface area contributed by atoms with E-state index in [0.29, 0.717) is 35.4 Å². The molecule has 1 aliphatic heterocycles. The van der Waals surface area contributed by atoms with Crippen molar-refractivity contribution >= 4 is 17.4 Å². The normalized spacial score (nSPS) is 14.9. The summed E-state index contributed by atoms with van der Waals surface area (Å²) in [5.41, 5.74) is 5.43. The van der Waals surface area contributed by atoms with Gasteiger partial charge in [-0.05, 0) is 37.6 Å². The van der Waals surface area contributed by atoms with E-state index in [1.807, 2.05) is 37.3 Å². The molecule has 1 atom stereocenters. The molecule has 0 spiro atoms. The number of aromatic nitrogens is 6. The van der Waals surface area contributed by atoms with Crippen LogP contribution in [0.2, 0.25) is 0 Å². The number of benzene rings is 2. The first-order chi connectivity index (χ1) is 18.0. The zero-order chi connectivity index (χ0) is 25.5. The molecule has 2 aromatic carbocycles. The van der Waals surface area contributed by atoms with Gasteiger partial charge in [0.15, 0.2) is 23.0 Å². The predicted octanol–water partition coefficient (Wildman–Crippen LogP) is 3.99. The van der Waals surface area contributed by atoms with E-state index in [4.69, 9.17) is 14.6 Å². The van der Waals surface area contributed by atoms with Crippen LogP contribution in [0.15, 0.2) is 60.9 Å². The molecule has 1 amide bonds. The lowest BCUT2D eigenvalue weighted by Crippen LogP contribution is -2.25. The van der Waals surface area contributed by atoms with Gasteiger partial charge in [0.1, 0.15) is 18.8 Å². The van der Waals surface area contributed by atoms with Crippen molar-refractivity contribution < 1.29 is 14.3 Å². The fourth-order valence-electron chi connectivity index (χ4n) is 4.77. The number of carbonyl (C=O) groups excluding carboxylic acids is 1. The fourth-order valence-corrected chi connectivity index (χ4v) is 4.77. The molecular formula is C27H25N7O3. The number of anilines is 1. The third kappa shape index (κ3) is 4.06. The van der Waals surface area contributed by atoms with E-state index in [-0.39, 0.29) is 18.2 Å². The largest absolute Gasteiger partial charge is 0.493 e. The number of nitrogens with one attached hydrogen (secondary N) is 1.